The summed E-state index contributed by atoms with van der Waals surface area (Å²) in [5.41, 5.74) is 1.93. The Morgan fingerprint density at radius 2 is 1.66 bits per heavy atom. The van der Waals surface area contributed by atoms with Gasteiger partial charge in [0.25, 0.3) is 11.8 Å². The van der Waals surface area contributed by atoms with Crippen LogP contribution in [0.3, 0.4) is 0 Å². The van der Waals surface area contributed by atoms with Crippen LogP contribution in [0.25, 0.3) is 10.6 Å². The molecule has 0 unspecified atom stereocenters. The molecule has 0 radical (unpaired) electrons. The molecule has 5 rings (SSSR count). The predicted molar refractivity (Wildman–Crippen MR) is 176 cm³/mol. The first-order valence-corrected chi connectivity index (χ1v) is 16.6. The van der Waals surface area contributed by atoms with Gasteiger partial charge >= 0.3 is 0 Å². The molecule has 2 aliphatic rings. The lowest BCUT2D eigenvalue weighted by molar-refractivity contribution is -0.148. The average Bonchev–Trinajstić information content (AvgIpc) is 3.56. The molecular formula is C34H40N6O6S. The van der Waals surface area contributed by atoms with Gasteiger partial charge in [0.1, 0.15) is 22.8 Å². The smallest absolute Gasteiger partial charge is 0.273 e. The van der Waals surface area contributed by atoms with Crippen molar-refractivity contribution < 1.29 is 28.7 Å². The minimum Gasteiger partial charge on any atom is -0.360 e. The highest BCUT2D eigenvalue weighted by molar-refractivity contribution is 7.13. The molecule has 47 heavy (non-hydrogen) atoms. The van der Waals surface area contributed by atoms with Crippen molar-refractivity contribution in [2.75, 3.05) is 33.2 Å². The van der Waals surface area contributed by atoms with Gasteiger partial charge in [-0.3, -0.25) is 24.0 Å². The van der Waals surface area contributed by atoms with E-state index in [2.05, 4.69) is 20.9 Å². The quantitative estimate of drug-likeness (QED) is 0.366. The SMILES string of the molecule is CC(C)C[C@@H]1NC(=O)CN(C)C(=O)[C@@H](Cc2ccccc2)NC(=O)[C@H]2CN(C(=O)c3csc(-c4ccccc4)n3)C[C@@H](CNC1=O)O2. The van der Waals surface area contributed by atoms with Crippen molar-refractivity contribution >= 4 is 40.9 Å². The zero-order valence-corrected chi connectivity index (χ0v) is 27.5. The van der Waals surface area contributed by atoms with Gasteiger partial charge in [-0.05, 0) is 17.9 Å². The fraction of sp³-hybridized carbons (Fsp3) is 0.412. The molecule has 0 aliphatic carbocycles. The maximum absolute atomic E-state index is 13.8. The number of carbonyl (C=O) groups excluding carboxylic acids is 5. The van der Waals surface area contributed by atoms with Crippen LogP contribution in [0, 0.1) is 5.92 Å². The van der Waals surface area contributed by atoms with Gasteiger partial charge in [0.2, 0.25) is 17.7 Å². The first kappa shape index (κ1) is 33.7. The monoisotopic (exact) mass is 660 g/mol. The summed E-state index contributed by atoms with van der Waals surface area (Å²) in [6.45, 7) is 3.59. The maximum atomic E-state index is 13.8. The first-order chi connectivity index (χ1) is 22.6. The molecule has 3 heterocycles. The number of nitrogens with zero attached hydrogens (tertiary/aromatic N) is 3. The third kappa shape index (κ3) is 8.80. The molecule has 13 heteroatoms. The Hall–Kier alpha value is -4.62. The molecule has 0 saturated carbocycles. The molecule has 3 aromatic rings. The maximum Gasteiger partial charge on any atom is 0.273 e. The second kappa shape index (κ2) is 15.3. The van der Waals surface area contributed by atoms with E-state index in [1.165, 1.54) is 28.2 Å². The molecular weight excluding hydrogens is 620 g/mol. The lowest BCUT2D eigenvalue weighted by atomic mass is 10.0. The van der Waals surface area contributed by atoms with Crippen molar-refractivity contribution in [3.8, 4) is 10.6 Å². The number of benzene rings is 2. The highest BCUT2D eigenvalue weighted by Crippen LogP contribution is 2.25. The first-order valence-electron chi connectivity index (χ1n) is 15.7. The highest BCUT2D eigenvalue weighted by atomic mass is 32.1. The number of likely N-dealkylation sites (N-methyl/N-ethyl adjacent to an activating group) is 1. The van der Waals surface area contributed by atoms with Crippen LogP contribution in [0.5, 0.6) is 0 Å². The summed E-state index contributed by atoms with van der Waals surface area (Å²) in [7, 11) is 1.48. The van der Waals surface area contributed by atoms with Crippen LogP contribution in [0.2, 0.25) is 0 Å². The molecule has 248 valence electrons. The summed E-state index contributed by atoms with van der Waals surface area (Å²) < 4.78 is 6.16. The summed E-state index contributed by atoms with van der Waals surface area (Å²) in [6.07, 6.45) is -1.33. The van der Waals surface area contributed by atoms with Crippen molar-refractivity contribution in [2.45, 2.75) is 51.0 Å². The Morgan fingerprint density at radius 3 is 2.36 bits per heavy atom. The highest BCUT2D eigenvalue weighted by Gasteiger charge is 2.38. The number of rotatable bonds is 6. The van der Waals surface area contributed by atoms with E-state index in [-0.39, 0.29) is 50.1 Å². The zero-order valence-electron chi connectivity index (χ0n) is 26.7. The molecule has 2 fully saturated rings. The standard InChI is InChI=1S/C34H40N6O6S/c1-21(2)14-25-30(42)35-16-24-17-40(34(45)27-20-47-32(38-27)23-12-8-5-9-13-23)18-28(46-24)31(43)37-26(15-22-10-6-4-7-11-22)33(44)39(3)19-29(41)36-25/h4-13,20-21,24-26,28H,14-19H2,1-3H3,(H,35,42)(H,36,41)(H,37,43)/t24-,25+,26-,28-/m1/s1. The van der Waals surface area contributed by atoms with E-state index in [0.717, 1.165) is 11.1 Å². The van der Waals surface area contributed by atoms with Crippen LogP contribution < -0.4 is 16.0 Å². The molecule has 1 aromatic heterocycles. The van der Waals surface area contributed by atoms with Crippen molar-refractivity contribution in [3.05, 3.63) is 77.3 Å². The molecule has 2 bridgehead atoms. The summed E-state index contributed by atoms with van der Waals surface area (Å²) in [4.78, 5) is 74.9. The predicted octanol–water partition coefficient (Wildman–Crippen LogP) is 1.87. The number of carbonyl (C=O) groups is 5. The lowest BCUT2D eigenvalue weighted by Crippen LogP contribution is -2.59. The lowest BCUT2D eigenvalue weighted by Gasteiger charge is -2.38. The van der Waals surface area contributed by atoms with Crippen LogP contribution in [0.15, 0.2) is 66.0 Å². The minimum atomic E-state index is -1.13. The van der Waals surface area contributed by atoms with E-state index in [1.54, 1.807) is 5.38 Å². The molecule has 5 amide bonds. The summed E-state index contributed by atoms with van der Waals surface area (Å²) >= 11 is 1.35. The Labute approximate surface area is 277 Å². The van der Waals surface area contributed by atoms with Crippen LogP contribution in [0.4, 0.5) is 0 Å². The van der Waals surface area contributed by atoms with E-state index in [1.807, 2.05) is 74.5 Å². The van der Waals surface area contributed by atoms with Gasteiger partial charge in [0.15, 0.2) is 6.10 Å². The largest absolute Gasteiger partial charge is 0.360 e. The van der Waals surface area contributed by atoms with E-state index < -0.39 is 47.9 Å². The van der Waals surface area contributed by atoms with Crippen LogP contribution >= 0.6 is 11.3 Å². The number of ether oxygens (including phenoxy) is 1. The van der Waals surface area contributed by atoms with Gasteiger partial charge in [-0.15, -0.1) is 11.3 Å². The topological polar surface area (TPSA) is 150 Å². The second-order valence-electron chi connectivity index (χ2n) is 12.3. The zero-order chi connectivity index (χ0) is 33.5. The van der Waals surface area contributed by atoms with Gasteiger partial charge in [-0.2, -0.15) is 0 Å². The van der Waals surface area contributed by atoms with Crippen LogP contribution in [-0.4, -0.2) is 102 Å². The van der Waals surface area contributed by atoms with Gasteiger partial charge < -0.3 is 30.5 Å². The Kier molecular flexibility index (Phi) is 11.0. The van der Waals surface area contributed by atoms with E-state index >= 15 is 0 Å². The molecule has 2 aromatic carbocycles. The average molecular weight is 661 g/mol. The Balaban J connectivity index is 1.43. The minimum absolute atomic E-state index is 0.00450. The molecule has 0 spiro atoms. The van der Waals surface area contributed by atoms with Crippen LogP contribution in [0.1, 0.15) is 36.3 Å². The number of amides is 5. The molecule has 2 saturated heterocycles. The number of nitrogens with one attached hydrogen (secondary N) is 3. The third-order valence-corrected chi connectivity index (χ3v) is 8.90. The van der Waals surface area contributed by atoms with Crippen molar-refractivity contribution in [3.63, 3.8) is 0 Å². The third-order valence-electron chi connectivity index (χ3n) is 8.01. The van der Waals surface area contributed by atoms with Crippen molar-refractivity contribution in [1.82, 2.24) is 30.7 Å². The number of fused-ring (bicyclic) bond motifs is 2. The van der Waals surface area contributed by atoms with Gasteiger partial charge in [-0.1, -0.05) is 74.5 Å². The fourth-order valence-electron chi connectivity index (χ4n) is 5.66. The molecule has 12 nitrogen and oxygen atoms in total. The van der Waals surface area contributed by atoms with Gasteiger partial charge in [0, 0.05) is 37.5 Å². The van der Waals surface area contributed by atoms with Gasteiger partial charge in [0.05, 0.1) is 19.2 Å². The van der Waals surface area contributed by atoms with Crippen LogP contribution in [-0.2, 0) is 30.3 Å². The summed E-state index contributed by atoms with van der Waals surface area (Å²) in [5.74, 6) is -2.26. The van der Waals surface area contributed by atoms with Crippen molar-refractivity contribution in [2.24, 2.45) is 5.92 Å². The molecule has 4 atom stereocenters. The van der Waals surface area contributed by atoms with E-state index in [9.17, 15) is 24.0 Å². The van der Waals surface area contributed by atoms with E-state index in [0.29, 0.717) is 11.4 Å². The van der Waals surface area contributed by atoms with Crippen molar-refractivity contribution in [1.29, 1.82) is 0 Å². The summed E-state index contributed by atoms with van der Waals surface area (Å²) in [6, 6.07) is 16.9. The number of thiazole rings is 1. The fourth-order valence-corrected chi connectivity index (χ4v) is 6.46. The number of morpholine rings is 1. The van der Waals surface area contributed by atoms with E-state index in [4.69, 9.17) is 4.74 Å². The Morgan fingerprint density at radius 1 is 0.957 bits per heavy atom. The number of aromatic nitrogens is 1. The normalized spacial score (nSPS) is 23.0. The molecule has 3 N–H and O–H groups in total. The Bertz CT molecular complexity index is 1580. The second-order valence-corrected chi connectivity index (χ2v) is 13.2. The molecule has 2 aliphatic heterocycles. The summed E-state index contributed by atoms with van der Waals surface area (Å²) in [5, 5.41) is 10.8. The van der Waals surface area contributed by atoms with Gasteiger partial charge in [-0.25, -0.2) is 4.98 Å². The number of hydrogen-bond acceptors (Lipinski definition) is 8. The number of hydrogen-bond donors (Lipinski definition) is 3.